The Morgan fingerprint density at radius 2 is 1.61 bits per heavy atom. The van der Waals surface area contributed by atoms with Crippen LogP contribution in [0.1, 0.15) is 58.2 Å². The average molecular weight is 438 g/mol. The minimum absolute atomic E-state index is 0.0600. The maximum atomic E-state index is 4.03. The highest BCUT2D eigenvalue weighted by Gasteiger charge is 2.22. The van der Waals surface area contributed by atoms with Crippen LogP contribution in [-0.4, -0.2) is 14.1 Å². The predicted octanol–water partition coefficient (Wildman–Crippen LogP) is 8.97. The predicted molar refractivity (Wildman–Crippen MR) is 149 cm³/mol. The average Bonchev–Trinajstić information content (AvgIpc) is 2.77. The van der Waals surface area contributed by atoms with Crippen LogP contribution in [0.5, 0.6) is 0 Å². The molecule has 1 nitrogen and oxygen atoms in total. The van der Waals surface area contributed by atoms with E-state index in [4.69, 9.17) is 0 Å². The zero-order valence-corrected chi connectivity index (χ0v) is 21.7. The molecule has 1 heteroatoms. The second-order valence-corrected chi connectivity index (χ2v) is 10.2. The lowest BCUT2D eigenvalue weighted by molar-refractivity contribution is 0.583. The molecule has 0 aliphatic carbocycles. The lowest BCUT2D eigenvalue weighted by Gasteiger charge is -2.27. The van der Waals surface area contributed by atoms with Gasteiger partial charge in [0.25, 0.3) is 0 Å². The number of anilines is 1. The summed E-state index contributed by atoms with van der Waals surface area (Å²) in [4.78, 5) is 2.15. The SMILES string of the molecule is C=C(C)/C=C\C(=C/C)c1cc(-c2ccc3cc(N(C)C)ccc3c2)c(CC)c(C(C)(C)C)c1. The van der Waals surface area contributed by atoms with Gasteiger partial charge in [-0.25, -0.2) is 0 Å². The van der Waals surface area contributed by atoms with Gasteiger partial charge in [0.2, 0.25) is 0 Å². The molecule has 0 amide bonds. The summed E-state index contributed by atoms with van der Waals surface area (Å²) in [5.74, 6) is 0. The fourth-order valence-corrected chi connectivity index (χ4v) is 4.42. The quantitative estimate of drug-likeness (QED) is 0.348. The first-order valence-electron chi connectivity index (χ1n) is 11.9. The van der Waals surface area contributed by atoms with E-state index in [0.717, 1.165) is 12.0 Å². The first-order valence-corrected chi connectivity index (χ1v) is 11.9. The number of benzene rings is 3. The smallest absolute Gasteiger partial charge is 0.0367 e. The molecule has 0 bridgehead atoms. The summed E-state index contributed by atoms with van der Waals surface area (Å²) >= 11 is 0. The van der Waals surface area contributed by atoms with Crippen LogP contribution in [0.4, 0.5) is 5.69 Å². The molecular weight excluding hydrogens is 398 g/mol. The zero-order chi connectivity index (χ0) is 24.3. The van der Waals surface area contributed by atoms with Gasteiger partial charge in [0.15, 0.2) is 0 Å². The Balaban J connectivity index is 2.27. The van der Waals surface area contributed by atoms with Gasteiger partial charge in [-0.1, -0.05) is 82.3 Å². The largest absolute Gasteiger partial charge is 0.378 e. The maximum absolute atomic E-state index is 4.03. The third-order valence-electron chi connectivity index (χ3n) is 6.25. The van der Waals surface area contributed by atoms with E-state index in [9.17, 15) is 0 Å². The molecule has 0 N–H and O–H groups in total. The number of nitrogens with zero attached hydrogens (tertiary/aromatic N) is 1. The van der Waals surface area contributed by atoms with Crippen molar-refractivity contribution >= 4 is 22.0 Å². The summed E-state index contributed by atoms with van der Waals surface area (Å²) in [5.41, 5.74) is 10.3. The van der Waals surface area contributed by atoms with E-state index in [2.05, 4.69) is 127 Å². The molecule has 0 spiro atoms. The Morgan fingerprint density at radius 3 is 2.18 bits per heavy atom. The van der Waals surface area contributed by atoms with Crippen molar-refractivity contribution in [1.29, 1.82) is 0 Å². The van der Waals surface area contributed by atoms with E-state index in [1.165, 1.54) is 49.9 Å². The monoisotopic (exact) mass is 437 g/mol. The summed E-state index contributed by atoms with van der Waals surface area (Å²) in [7, 11) is 4.17. The van der Waals surface area contributed by atoms with Crippen LogP contribution in [-0.2, 0) is 11.8 Å². The molecule has 0 aromatic heterocycles. The lowest BCUT2D eigenvalue weighted by Crippen LogP contribution is -2.15. The first kappa shape index (κ1) is 24.6. The molecule has 0 aliphatic rings. The van der Waals surface area contributed by atoms with Crippen molar-refractivity contribution in [1.82, 2.24) is 0 Å². The molecule has 3 aromatic carbocycles. The van der Waals surface area contributed by atoms with Gasteiger partial charge in [0.05, 0.1) is 0 Å². The summed E-state index contributed by atoms with van der Waals surface area (Å²) < 4.78 is 0. The molecule has 0 unspecified atom stereocenters. The van der Waals surface area contributed by atoms with E-state index >= 15 is 0 Å². The van der Waals surface area contributed by atoms with Crippen molar-refractivity contribution in [2.24, 2.45) is 0 Å². The molecule has 3 aromatic rings. The summed E-state index contributed by atoms with van der Waals surface area (Å²) in [6.45, 7) is 17.4. The van der Waals surface area contributed by atoms with Crippen molar-refractivity contribution in [2.45, 2.75) is 53.4 Å². The van der Waals surface area contributed by atoms with Gasteiger partial charge in [-0.15, -0.1) is 0 Å². The van der Waals surface area contributed by atoms with E-state index < -0.39 is 0 Å². The van der Waals surface area contributed by atoms with Crippen molar-refractivity contribution in [3.63, 3.8) is 0 Å². The van der Waals surface area contributed by atoms with Crippen LogP contribution in [0.3, 0.4) is 0 Å². The van der Waals surface area contributed by atoms with Crippen LogP contribution < -0.4 is 4.90 Å². The third-order valence-corrected chi connectivity index (χ3v) is 6.25. The normalized spacial score (nSPS) is 12.5. The Hall–Kier alpha value is -3.06. The van der Waals surface area contributed by atoms with E-state index in [0.29, 0.717) is 0 Å². The van der Waals surface area contributed by atoms with Gasteiger partial charge in [0.1, 0.15) is 0 Å². The Kier molecular flexibility index (Phi) is 7.32. The van der Waals surface area contributed by atoms with Crippen LogP contribution in [0.25, 0.3) is 27.5 Å². The molecule has 3 rings (SSSR count). The van der Waals surface area contributed by atoms with Crippen LogP contribution in [0.15, 0.2) is 78.9 Å². The minimum atomic E-state index is 0.0600. The molecule has 0 heterocycles. The molecule has 0 atom stereocenters. The Bertz CT molecular complexity index is 1230. The van der Waals surface area contributed by atoms with Gasteiger partial charge in [-0.05, 0) is 94.1 Å². The Labute approximate surface area is 201 Å². The Morgan fingerprint density at radius 1 is 0.939 bits per heavy atom. The van der Waals surface area contributed by atoms with Crippen molar-refractivity contribution in [3.05, 3.63) is 95.6 Å². The van der Waals surface area contributed by atoms with Crippen LogP contribution in [0, 0.1) is 0 Å². The second-order valence-electron chi connectivity index (χ2n) is 10.2. The topological polar surface area (TPSA) is 3.24 Å². The third kappa shape index (κ3) is 5.47. The molecule has 0 aliphatic heterocycles. The van der Waals surface area contributed by atoms with Crippen molar-refractivity contribution in [2.75, 3.05) is 19.0 Å². The number of hydrogen-bond donors (Lipinski definition) is 0. The highest BCUT2D eigenvalue weighted by molar-refractivity contribution is 5.91. The molecule has 0 fully saturated rings. The highest BCUT2D eigenvalue weighted by atomic mass is 15.1. The summed E-state index contributed by atoms with van der Waals surface area (Å²) in [6, 6.07) is 18.4. The number of hydrogen-bond acceptors (Lipinski definition) is 1. The molecule has 0 saturated carbocycles. The van der Waals surface area contributed by atoms with Gasteiger partial charge in [-0.2, -0.15) is 0 Å². The number of allylic oxidation sites excluding steroid dienone is 5. The maximum Gasteiger partial charge on any atom is 0.0367 e. The minimum Gasteiger partial charge on any atom is -0.378 e. The molecule has 172 valence electrons. The van der Waals surface area contributed by atoms with E-state index in [1.54, 1.807) is 0 Å². The lowest BCUT2D eigenvalue weighted by atomic mass is 9.78. The van der Waals surface area contributed by atoms with E-state index in [-0.39, 0.29) is 5.41 Å². The number of rotatable bonds is 6. The molecule has 0 saturated heterocycles. The van der Waals surface area contributed by atoms with Gasteiger partial charge < -0.3 is 4.90 Å². The van der Waals surface area contributed by atoms with E-state index in [1.807, 2.05) is 6.92 Å². The standard InChI is InChI=1S/C32H39N/c1-10-23(13-12-22(3)4)27-20-30(29(11-2)31(21-27)32(5,6)7)26-15-14-25-19-28(33(8)9)17-16-24(25)18-26/h10,12-21H,3,11H2,1-2,4-9H3/b13-12-,23-10+. The second kappa shape index (κ2) is 9.83. The molecule has 0 radical (unpaired) electrons. The summed E-state index contributed by atoms with van der Waals surface area (Å²) in [5, 5.41) is 2.55. The van der Waals surface area contributed by atoms with Gasteiger partial charge >= 0.3 is 0 Å². The molecular formula is C32H39N. The zero-order valence-electron chi connectivity index (χ0n) is 21.7. The van der Waals surface area contributed by atoms with Crippen molar-refractivity contribution in [3.8, 4) is 11.1 Å². The number of fused-ring (bicyclic) bond motifs is 1. The van der Waals surface area contributed by atoms with Gasteiger partial charge in [0, 0.05) is 19.8 Å². The molecule has 33 heavy (non-hydrogen) atoms. The first-order chi connectivity index (χ1) is 15.5. The fourth-order valence-electron chi connectivity index (χ4n) is 4.42. The van der Waals surface area contributed by atoms with Crippen LogP contribution >= 0.6 is 0 Å². The van der Waals surface area contributed by atoms with Crippen LogP contribution in [0.2, 0.25) is 0 Å². The van der Waals surface area contributed by atoms with Gasteiger partial charge in [-0.3, -0.25) is 0 Å². The van der Waals surface area contributed by atoms with Crippen molar-refractivity contribution < 1.29 is 0 Å². The highest BCUT2D eigenvalue weighted by Crippen LogP contribution is 2.38. The summed E-state index contributed by atoms with van der Waals surface area (Å²) in [6.07, 6.45) is 7.48. The fraction of sp³-hybridized carbons (Fsp3) is 0.312.